The van der Waals surface area contributed by atoms with E-state index in [-0.39, 0.29) is 6.04 Å². The maximum Gasteiger partial charge on any atom is 0.0950 e. The summed E-state index contributed by atoms with van der Waals surface area (Å²) in [5.74, 6) is 0. The first-order valence-corrected chi connectivity index (χ1v) is 6.18. The van der Waals surface area contributed by atoms with Crippen LogP contribution in [0.2, 0.25) is 0 Å². The molecule has 0 saturated carbocycles. The van der Waals surface area contributed by atoms with Gasteiger partial charge >= 0.3 is 0 Å². The topological polar surface area (TPSA) is 42.4 Å². The van der Waals surface area contributed by atoms with Gasteiger partial charge in [0.2, 0.25) is 0 Å². The van der Waals surface area contributed by atoms with Crippen LogP contribution in [0.5, 0.6) is 0 Å². The highest BCUT2D eigenvalue weighted by Crippen LogP contribution is 2.20. The average molecular weight is 244 g/mol. The van der Waals surface area contributed by atoms with Crippen molar-refractivity contribution in [3.05, 3.63) is 59.5 Å². The monoisotopic (exact) mass is 244 g/mol. The first kappa shape index (κ1) is 12.9. The highest BCUT2D eigenvalue weighted by atomic mass is 16.3. The second kappa shape index (κ2) is 5.85. The van der Waals surface area contributed by atoms with Crippen LogP contribution in [0.25, 0.3) is 0 Å². The van der Waals surface area contributed by atoms with E-state index in [9.17, 15) is 0 Å². The van der Waals surface area contributed by atoms with Gasteiger partial charge in [-0.2, -0.15) is 0 Å². The Kier molecular flexibility index (Phi) is 4.18. The van der Waals surface area contributed by atoms with Gasteiger partial charge in [0.1, 0.15) is 0 Å². The fourth-order valence-electron chi connectivity index (χ4n) is 2.13. The minimum atomic E-state index is 0.199. The van der Waals surface area contributed by atoms with Crippen LogP contribution in [-0.2, 0) is 6.54 Å². The van der Waals surface area contributed by atoms with Crippen LogP contribution in [0.4, 0.5) is 0 Å². The number of rotatable bonds is 5. The van der Waals surface area contributed by atoms with Crippen LogP contribution in [0.15, 0.2) is 47.3 Å². The average Bonchev–Trinajstić information content (AvgIpc) is 2.87. The Labute approximate surface area is 108 Å². The van der Waals surface area contributed by atoms with Gasteiger partial charge in [-0.3, -0.25) is 4.90 Å². The smallest absolute Gasteiger partial charge is 0.0950 e. The first-order valence-electron chi connectivity index (χ1n) is 6.18. The third kappa shape index (κ3) is 3.00. The number of aryl methyl sites for hydroxylation is 1. The number of nitrogens with two attached hydrogens (primary N) is 1. The third-order valence-electron chi connectivity index (χ3n) is 3.24. The maximum absolute atomic E-state index is 5.86. The molecular formula is C15H20N2O. The molecule has 2 N–H and O–H groups in total. The van der Waals surface area contributed by atoms with Gasteiger partial charge in [0.25, 0.3) is 0 Å². The summed E-state index contributed by atoms with van der Waals surface area (Å²) < 4.78 is 5.13. The Balaban J connectivity index is 2.06. The molecule has 1 heterocycles. The Hall–Kier alpha value is -1.58. The minimum Gasteiger partial charge on any atom is -0.472 e. The normalized spacial score (nSPS) is 12.9. The molecule has 1 aromatic heterocycles. The van der Waals surface area contributed by atoms with E-state index in [1.807, 2.05) is 6.07 Å². The molecule has 18 heavy (non-hydrogen) atoms. The van der Waals surface area contributed by atoms with E-state index in [2.05, 4.69) is 43.1 Å². The molecule has 96 valence electrons. The van der Waals surface area contributed by atoms with Crippen molar-refractivity contribution in [2.75, 3.05) is 13.6 Å². The van der Waals surface area contributed by atoms with Gasteiger partial charge in [-0.1, -0.05) is 29.8 Å². The Bertz CT molecular complexity index is 462. The van der Waals surface area contributed by atoms with Crippen molar-refractivity contribution in [1.29, 1.82) is 0 Å². The molecule has 0 spiro atoms. The molecule has 1 atom stereocenters. The standard InChI is InChI=1S/C15H20N2O/c1-12-3-5-13(6-4-12)10-17(2)15(9-16)14-7-8-18-11-14/h3-8,11,15H,9-10,16H2,1-2H3. The summed E-state index contributed by atoms with van der Waals surface area (Å²) >= 11 is 0. The van der Waals surface area contributed by atoms with Gasteiger partial charge in [0.05, 0.1) is 18.6 Å². The largest absolute Gasteiger partial charge is 0.472 e. The zero-order valence-electron chi connectivity index (χ0n) is 11.0. The molecule has 0 aliphatic rings. The molecule has 0 aliphatic heterocycles. The van der Waals surface area contributed by atoms with Gasteiger partial charge in [-0.25, -0.2) is 0 Å². The Morgan fingerprint density at radius 3 is 2.50 bits per heavy atom. The summed E-state index contributed by atoms with van der Waals surface area (Å²) in [6, 6.07) is 10.8. The predicted molar refractivity (Wildman–Crippen MR) is 73.1 cm³/mol. The molecule has 3 heteroatoms. The molecule has 2 aromatic rings. The van der Waals surface area contributed by atoms with E-state index in [4.69, 9.17) is 10.2 Å². The molecule has 1 unspecified atom stereocenters. The highest BCUT2D eigenvalue weighted by Gasteiger charge is 2.16. The lowest BCUT2D eigenvalue weighted by Crippen LogP contribution is -2.29. The number of hydrogen-bond acceptors (Lipinski definition) is 3. The molecule has 3 nitrogen and oxygen atoms in total. The van der Waals surface area contributed by atoms with E-state index in [0.717, 1.165) is 12.1 Å². The molecule has 1 aromatic carbocycles. The minimum absolute atomic E-state index is 0.199. The second-order valence-corrected chi connectivity index (χ2v) is 4.71. The van der Waals surface area contributed by atoms with Crippen LogP contribution >= 0.6 is 0 Å². The van der Waals surface area contributed by atoms with Gasteiger partial charge in [-0.15, -0.1) is 0 Å². The third-order valence-corrected chi connectivity index (χ3v) is 3.24. The molecule has 0 radical (unpaired) electrons. The van der Waals surface area contributed by atoms with Crippen LogP contribution in [0.3, 0.4) is 0 Å². The van der Waals surface area contributed by atoms with Crippen LogP contribution in [0.1, 0.15) is 22.7 Å². The van der Waals surface area contributed by atoms with E-state index >= 15 is 0 Å². The van der Waals surface area contributed by atoms with Crippen molar-refractivity contribution in [2.45, 2.75) is 19.5 Å². The lowest BCUT2D eigenvalue weighted by atomic mass is 10.1. The zero-order chi connectivity index (χ0) is 13.0. The van der Waals surface area contributed by atoms with Crippen molar-refractivity contribution in [1.82, 2.24) is 4.90 Å². The van der Waals surface area contributed by atoms with Gasteiger partial charge in [0.15, 0.2) is 0 Å². The number of likely N-dealkylation sites (N-methyl/N-ethyl adjacent to an activating group) is 1. The van der Waals surface area contributed by atoms with Gasteiger partial charge in [0, 0.05) is 18.7 Å². The van der Waals surface area contributed by atoms with E-state index in [0.29, 0.717) is 6.54 Å². The van der Waals surface area contributed by atoms with Crippen molar-refractivity contribution in [3.63, 3.8) is 0 Å². The SMILES string of the molecule is Cc1ccc(CN(C)C(CN)c2ccoc2)cc1. The van der Waals surface area contributed by atoms with Gasteiger partial charge < -0.3 is 10.2 Å². The number of hydrogen-bond donors (Lipinski definition) is 1. The summed E-state index contributed by atoms with van der Waals surface area (Å²) in [7, 11) is 2.09. The van der Waals surface area contributed by atoms with Crippen LogP contribution in [-0.4, -0.2) is 18.5 Å². The summed E-state index contributed by atoms with van der Waals surface area (Å²) in [5, 5.41) is 0. The van der Waals surface area contributed by atoms with Crippen LogP contribution < -0.4 is 5.73 Å². The fraction of sp³-hybridized carbons (Fsp3) is 0.333. The second-order valence-electron chi connectivity index (χ2n) is 4.71. The number of nitrogens with zero attached hydrogens (tertiary/aromatic N) is 1. The summed E-state index contributed by atoms with van der Waals surface area (Å²) in [4.78, 5) is 2.25. The highest BCUT2D eigenvalue weighted by molar-refractivity contribution is 5.21. The predicted octanol–water partition coefficient (Wildman–Crippen LogP) is 2.72. The lowest BCUT2D eigenvalue weighted by Gasteiger charge is -2.26. The summed E-state index contributed by atoms with van der Waals surface area (Å²) in [5.41, 5.74) is 9.57. The molecule has 0 aliphatic carbocycles. The van der Waals surface area contributed by atoms with Crippen molar-refractivity contribution in [2.24, 2.45) is 5.73 Å². The Morgan fingerprint density at radius 2 is 1.94 bits per heavy atom. The van der Waals surface area contributed by atoms with Crippen molar-refractivity contribution in [3.8, 4) is 0 Å². The van der Waals surface area contributed by atoms with E-state index < -0.39 is 0 Å². The number of benzene rings is 1. The molecule has 0 amide bonds. The quantitative estimate of drug-likeness (QED) is 0.879. The van der Waals surface area contributed by atoms with Crippen molar-refractivity contribution < 1.29 is 4.42 Å². The van der Waals surface area contributed by atoms with Crippen molar-refractivity contribution >= 4 is 0 Å². The molecule has 0 saturated heterocycles. The van der Waals surface area contributed by atoms with Crippen LogP contribution in [0, 0.1) is 6.92 Å². The summed E-state index contributed by atoms with van der Waals surface area (Å²) in [6.07, 6.45) is 3.46. The zero-order valence-corrected chi connectivity index (χ0v) is 11.0. The Morgan fingerprint density at radius 1 is 1.22 bits per heavy atom. The molecule has 2 rings (SSSR count). The number of furan rings is 1. The maximum atomic E-state index is 5.86. The van der Waals surface area contributed by atoms with E-state index in [1.165, 1.54) is 11.1 Å². The molecule has 0 fully saturated rings. The van der Waals surface area contributed by atoms with E-state index in [1.54, 1.807) is 12.5 Å². The first-order chi connectivity index (χ1) is 8.70. The molecule has 0 bridgehead atoms. The lowest BCUT2D eigenvalue weighted by molar-refractivity contribution is 0.241. The summed E-state index contributed by atoms with van der Waals surface area (Å²) in [6.45, 7) is 3.57. The fourth-order valence-corrected chi connectivity index (χ4v) is 2.13. The van der Waals surface area contributed by atoms with Gasteiger partial charge in [-0.05, 0) is 25.6 Å². The molecular weight excluding hydrogens is 224 g/mol.